The van der Waals surface area contributed by atoms with Gasteiger partial charge in [-0.05, 0) is 31.2 Å². The largest absolute Gasteiger partial charge is 0.377 e. The van der Waals surface area contributed by atoms with Crippen molar-refractivity contribution in [1.82, 2.24) is 4.98 Å². The predicted octanol–water partition coefficient (Wildman–Crippen LogP) is 5.31. The van der Waals surface area contributed by atoms with Crippen molar-refractivity contribution in [3.05, 3.63) is 70.6 Å². The Bertz CT molecular complexity index is 783. The normalized spacial score (nSPS) is 12.3. The second kappa shape index (κ2) is 5.82. The van der Waals surface area contributed by atoms with Gasteiger partial charge in [-0.25, -0.2) is 4.39 Å². The Labute approximate surface area is 131 Å². The van der Waals surface area contributed by atoms with E-state index in [2.05, 4.69) is 26.2 Å². The molecule has 0 aliphatic rings. The van der Waals surface area contributed by atoms with Gasteiger partial charge in [0.25, 0.3) is 0 Å². The average Bonchev–Trinajstić information content (AvgIpc) is 2.47. The lowest BCUT2D eigenvalue weighted by molar-refractivity contribution is 0.599. The number of nitrogens with zero attached hydrogens (tertiary/aromatic N) is 1. The molecule has 0 bridgehead atoms. The zero-order valence-corrected chi connectivity index (χ0v) is 13.1. The molecule has 2 aromatic carbocycles. The first-order chi connectivity index (χ1) is 10.1. The van der Waals surface area contributed by atoms with Crippen LogP contribution in [-0.4, -0.2) is 4.98 Å². The van der Waals surface area contributed by atoms with Crippen LogP contribution in [0.2, 0.25) is 0 Å². The molecule has 0 aliphatic heterocycles. The number of para-hydroxylation sites is 1. The smallest absolute Gasteiger partial charge is 0.129 e. The summed E-state index contributed by atoms with van der Waals surface area (Å²) in [5, 5.41) is 4.40. The molecule has 0 spiro atoms. The van der Waals surface area contributed by atoms with E-state index in [9.17, 15) is 4.39 Å². The predicted molar refractivity (Wildman–Crippen MR) is 87.9 cm³/mol. The third-order valence-electron chi connectivity index (χ3n) is 3.43. The zero-order chi connectivity index (χ0) is 14.8. The number of fused-ring (bicyclic) bond motifs is 1. The number of aromatic nitrogens is 1. The van der Waals surface area contributed by atoms with Crippen molar-refractivity contribution >= 4 is 32.5 Å². The lowest BCUT2D eigenvalue weighted by Gasteiger charge is -2.17. The van der Waals surface area contributed by atoms with E-state index >= 15 is 0 Å². The average molecular weight is 345 g/mol. The van der Waals surface area contributed by atoms with E-state index in [-0.39, 0.29) is 11.9 Å². The van der Waals surface area contributed by atoms with Crippen LogP contribution in [-0.2, 0) is 0 Å². The molecule has 4 heteroatoms. The van der Waals surface area contributed by atoms with Crippen LogP contribution in [0.3, 0.4) is 0 Å². The Hall–Kier alpha value is -1.94. The molecule has 0 aliphatic carbocycles. The molecular weight excluding hydrogens is 331 g/mol. The molecule has 1 unspecified atom stereocenters. The fraction of sp³-hybridized carbons (Fsp3) is 0.118. The molecular formula is C17H14BrFN2. The van der Waals surface area contributed by atoms with E-state index in [0.29, 0.717) is 5.56 Å². The number of hydrogen-bond acceptors (Lipinski definition) is 2. The number of anilines is 1. The van der Waals surface area contributed by atoms with Crippen molar-refractivity contribution in [1.29, 1.82) is 0 Å². The molecule has 21 heavy (non-hydrogen) atoms. The molecule has 3 rings (SSSR count). The minimum absolute atomic E-state index is 0.147. The van der Waals surface area contributed by atoms with Gasteiger partial charge in [0.15, 0.2) is 0 Å². The van der Waals surface area contributed by atoms with Gasteiger partial charge >= 0.3 is 0 Å². The maximum absolute atomic E-state index is 14.0. The third kappa shape index (κ3) is 2.90. The topological polar surface area (TPSA) is 24.9 Å². The molecule has 0 amide bonds. The fourth-order valence-corrected chi connectivity index (χ4v) is 2.72. The van der Waals surface area contributed by atoms with Gasteiger partial charge in [-0.1, -0.05) is 40.2 Å². The monoisotopic (exact) mass is 344 g/mol. The molecule has 1 heterocycles. The highest BCUT2D eigenvalue weighted by Gasteiger charge is 2.12. The molecule has 0 radical (unpaired) electrons. The van der Waals surface area contributed by atoms with E-state index in [0.717, 1.165) is 21.1 Å². The van der Waals surface area contributed by atoms with Crippen molar-refractivity contribution in [3.63, 3.8) is 0 Å². The van der Waals surface area contributed by atoms with Gasteiger partial charge in [0.1, 0.15) is 5.82 Å². The number of rotatable bonds is 3. The highest BCUT2D eigenvalue weighted by Crippen LogP contribution is 2.27. The molecule has 1 N–H and O–H groups in total. The molecule has 0 saturated carbocycles. The first-order valence-corrected chi connectivity index (χ1v) is 7.49. The van der Waals surface area contributed by atoms with Crippen LogP contribution in [0.5, 0.6) is 0 Å². The van der Waals surface area contributed by atoms with E-state index in [1.165, 1.54) is 6.07 Å². The molecule has 106 valence electrons. The number of halogens is 2. The van der Waals surface area contributed by atoms with Gasteiger partial charge in [0, 0.05) is 21.6 Å². The van der Waals surface area contributed by atoms with Crippen molar-refractivity contribution in [2.45, 2.75) is 13.0 Å². The third-order valence-corrected chi connectivity index (χ3v) is 3.93. The van der Waals surface area contributed by atoms with Crippen LogP contribution in [0.25, 0.3) is 10.9 Å². The number of hydrogen-bond donors (Lipinski definition) is 1. The summed E-state index contributed by atoms with van der Waals surface area (Å²) in [4.78, 5) is 4.40. The summed E-state index contributed by atoms with van der Waals surface area (Å²) in [5.74, 6) is -0.224. The second-order valence-electron chi connectivity index (χ2n) is 4.91. The van der Waals surface area contributed by atoms with Crippen LogP contribution < -0.4 is 5.32 Å². The number of pyridine rings is 1. The van der Waals surface area contributed by atoms with E-state index in [1.807, 2.05) is 43.3 Å². The van der Waals surface area contributed by atoms with E-state index in [4.69, 9.17) is 0 Å². The molecule has 3 aromatic rings. The highest BCUT2D eigenvalue weighted by atomic mass is 79.9. The van der Waals surface area contributed by atoms with E-state index in [1.54, 1.807) is 12.3 Å². The van der Waals surface area contributed by atoms with Crippen molar-refractivity contribution in [2.24, 2.45) is 0 Å². The quantitative estimate of drug-likeness (QED) is 0.696. The first kappa shape index (κ1) is 14.0. The van der Waals surface area contributed by atoms with Crippen molar-refractivity contribution in [2.75, 3.05) is 5.32 Å². The summed E-state index contributed by atoms with van der Waals surface area (Å²) in [7, 11) is 0. The minimum Gasteiger partial charge on any atom is -0.377 e. The lowest BCUT2D eigenvalue weighted by Crippen LogP contribution is -2.09. The summed E-state index contributed by atoms with van der Waals surface area (Å²) in [6.07, 6.45) is 1.76. The van der Waals surface area contributed by atoms with Crippen LogP contribution in [0.15, 0.2) is 59.2 Å². The number of benzene rings is 2. The zero-order valence-electron chi connectivity index (χ0n) is 11.5. The van der Waals surface area contributed by atoms with Gasteiger partial charge in [0.2, 0.25) is 0 Å². The standard InChI is InChI=1S/C17H14BrFN2/c1-11(14-8-7-13(18)10-15(14)19)21-16-6-2-4-12-5-3-9-20-17(12)16/h2-11,21H,1H3. The van der Waals surface area contributed by atoms with Crippen LogP contribution in [0.1, 0.15) is 18.5 Å². The highest BCUT2D eigenvalue weighted by molar-refractivity contribution is 9.10. The summed E-state index contributed by atoms with van der Waals surface area (Å²) < 4.78 is 14.8. The molecule has 1 aromatic heterocycles. The van der Waals surface area contributed by atoms with Crippen LogP contribution in [0, 0.1) is 5.82 Å². The Morgan fingerprint density at radius 2 is 1.95 bits per heavy atom. The van der Waals surface area contributed by atoms with Gasteiger partial charge < -0.3 is 5.32 Å². The van der Waals surface area contributed by atoms with Crippen LogP contribution in [0.4, 0.5) is 10.1 Å². The lowest BCUT2D eigenvalue weighted by atomic mass is 10.1. The van der Waals surface area contributed by atoms with Gasteiger partial charge in [-0.15, -0.1) is 0 Å². The molecule has 2 nitrogen and oxygen atoms in total. The van der Waals surface area contributed by atoms with E-state index < -0.39 is 0 Å². The molecule has 1 atom stereocenters. The fourth-order valence-electron chi connectivity index (χ4n) is 2.38. The maximum atomic E-state index is 14.0. The Balaban J connectivity index is 1.94. The maximum Gasteiger partial charge on any atom is 0.129 e. The summed E-state index contributed by atoms with van der Waals surface area (Å²) in [5.41, 5.74) is 2.43. The van der Waals surface area contributed by atoms with Gasteiger partial charge in [-0.2, -0.15) is 0 Å². The molecule has 0 saturated heterocycles. The summed E-state index contributed by atoms with van der Waals surface area (Å²) in [6.45, 7) is 1.94. The van der Waals surface area contributed by atoms with Crippen molar-refractivity contribution < 1.29 is 4.39 Å². The molecule has 0 fully saturated rings. The van der Waals surface area contributed by atoms with Gasteiger partial charge in [0.05, 0.1) is 17.2 Å². The second-order valence-corrected chi connectivity index (χ2v) is 5.83. The Morgan fingerprint density at radius 3 is 2.76 bits per heavy atom. The summed E-state index contributed by atoms with van der Waals surface area (Å²) >= 11 is 3.27. The Kier molecular flexibility index (Phi) is 3.88. The summed E-state index contributed by atoms with van der Waals surface area (Å²) in [6, 6.07) is 14.8. The SMILES string of the molecule is CC(Nc1cccc2cccnc12)c1ccc(Br)cc1F. The Morgan fingerprint density at radius 1 is 1.14 bits per heavy atom. The van der Waals surface area contributed by atoms with Crippen LogP contribution >= 0.6 is 15.9 Å². The van der Waals surface area contributed by atoms with Crippen molar-refractivity contribution in [3.8, 4) is 0 Å². The number of nitrogens with one attached hydrogen (secondary N) is 1. The first-order valence-electron chi connectivity index (χ1n) is 6.70. The van der Waals surface area contributed by atoms with Gasteiger partial charge in [-0.3, -0.25) is 4.98 Å². The minimum atomic E-state index is -0.224.